The van der Waals surface area contributed by atoms with Crippen molar-refractivity contribution in [1.29, 1.82) is 0 Å². The number of benzene rings is 2. The average molecular weight is 499 g/mol. The predicted molar refractivity (Wildman–Crippen MR) is 131 cm³/mol. The van der Waals surface area contributed by atoms with E-state index in [0.717, 1.165) is 25.7 Å². The molecule has 0 bridgehead atoms. The Balaban J connectivity index is 1.26. The second-order valence-corrected chi connectivity index (χ2v) is 9.08. The molecule has 6 N–H and O–H groups in total. The van der Waals surface area contributed by atoms with E-state index in [1.807, 2.05) is 0 Å². The first kappa shape index (κ1) is 24.3. The molecule has 2 heterocycles. The maximum Gasteiger partial charge on any atom is 0.323 e. The van der Waals surface area contributed by atoms with Gasteiger partial charge in [-0.3, -0.25) is 0 Å². The highest BCUT2D eigenvalue weighted by Gasteiger charge is 2.44. The Hall–Kier alpha value is -3.38. The van der Waals surface area contributed by atoms with Gasteiger partial charge in [0.25, 0.3) is 0 Å². The Morgan fingerprint density at radius 3 is 2.50 bits per heavy atom. The number of imidazole rings is 1. The Bertz CT molecular complexity index is 1230. The minimum absolute atomic E-state index is 0.155. The van der Waals surface area contributed by atoms with Crippen LogP contribution in [0, 0.1) is 0 Å². The Morgan fingerprint density at radius 2 is 1.81 bits per heavy atom. The molecular formula is C25H30N4O7. The van der Waals surface area contributed by atoms with Crippen molar-refractivity contribution < 1.29 is 34.3 Å². The van der Waals surface area contributed by atoms with E-state index in [4.69, 9.17) is 14.2 Å². The van der Waals surface area contributed by atoms with Gasteiger partial charge in [0.15, 0.2) is 11.5 Å². The number of nitrogens with one attached hydrogen (secondary N) is 3. The van der Waals surface area contributed by atoms with E-state index < -0.39 is 37.1 Å². The molecule has 1 saturated heterocycles. The van der Waals surface area contributed by atoms with Crippen molar-refractivity contribution in [2.24, 2.45) is 0 Å². The van der Waals surface area contributed by atoms with Crippen LogP contribution >= 0.6 is 0 Å². The first-order valence-electron chi connectivity index (χ1n) is 12.0. The summed E-state index contributed by atoms with van der Waals surface area (Å²) >= 11 is 0. The third kappa shape index (κ3) is 4.96. The Kier molecular flexibility index (Phi) is 6.97. The van der Waals surface area contributed by atoms with Crippen LogP contribution in [0.4, 0.5) is 16.2 Å². The van der Waals surface area contributed by atoms with Crippen LogP contribution in [0.15, 0.2) is 36.4 Å². The number of carbonyl (C=O) groups is 1. The normalized spacial score (nSPS) is 24.2. The number of aromatic nitrogens is 2. The summed E-state index contributed by atoms with van der Waals surface area (Å²) in [5, 5.41) is 35.2. The topological polar surface area (TPSA) is 158 Å². The van der Waals surface area contributed by atoms with Crippen LogP contribution in [0.1, 0.15) is 37.6 Å². The second-order valence-electron chi connectivity index (χ2n) is 9.08. The zero-order valence-corrected chi connectivity index (χ0v) is 19.8. The van der Waals surface area contributed by atoms with Gasteiger partial charge >= 0.3 is 6.03 Å². The summed E-state index contributed by atoms with van der Waals surface area (Å²) in [4.78, 5) is 20.1. The van der Waals surface area contributed by atoms with Gasteiger partial charge < -0.3 is 45.1 Å². The van der Waals surface area contributed by atoms with Crippen molar-refractivity contribution in [2.45, 2.75) is 56.2 Å². The molecule has 0 unspecified atom stereocenters. The number of amides is 2. The van der Waals surface area contributed by atoms with Crippen LogP contribution in [-0.2, 0) is 4.74 Å². The molecule has 4 atom stereocenters. The maximum atomic E-state index is 12.7. The third-order valence-corrected chi connectivity index (χ3v) is 6.59. The molecule has 2 aliphatic rings. The Labute approximate surface area is 207 Å². The molecule has 3 aromatic rings. The fourth-order valence-electron chi connectivity index (χ4n) is 4.69. The van der Waals surface area contributed by atoms with Crippen molar-refractivity contribution in [3.05, 3.63) is 42.2 Å². The number of methoxy groups -OCH3 is 1. The fraction of sp³-hybridized carbons (Fsp3) is 0.440. The third-order valence-electron chi connectivity index (χ3n) is 6.59. The first-order chi connectivity index (χ1) is 17.4. The minimum atomic E-state index is -1.22. The van der Waals surface area contributed by atoms with Crippen LogP contribution in [0.2, 0.25) is 0 Å². The molecule has 2 amide bonds. The molecule has 192 valence electrons. The predicted octanol–water partition coefficient (Wildman–Crippen LogP) is 2.69. The molecule has 0 spiro atoms. The van der Waals surface area contributed by atoms with E-state index in [-0.39, 0.29) is 6.10 Å². The maximum absolute atomic E-state index is 12.7. The molecule has 36 heavy (non-hydrogen) atoms. The molecule has 1 saturated carbocycles. The monoisotopic (exact) mass is 498 g/mol. The molecule has 1 aromatic heterocycles. The summed E-state index contributed by atoms with van der Waals surface area (Å²) in [6.07, 6.45) is 0.239. The zero-order valence-electron chi connectivity index (χ0n) is 19.8. The first-order valence-corrected chi connectivity index (χ1v) is 12.0. The number of aliphatic hydroxyl groups is 3. The van der Waals surface area contributed by atoms with Crippen molar-refractivity contribution in [3.63, 3.8) is 0 Å². The molecule has 2 aromatic carbocycles. The molecule has 1 aliphatic heterocycles. The number of H-pyrrole nitrogens is 1. The van der Waals surface area contributed by atoms with Crippen molar-refractivity contribution in [2.75, 3.05) is 24.4 Å². The van der Waals surface area contributed by atoms with Crippen molar-refractivity contribution >= 4 is 28.4 Å². The zero-order chi connectivity index (χ0) is 25.2. The van der Waals surface area contributed by atoms with Gasteiger partial charge in [-0.25, -0.2) is 9.78 Å². The number of hydrogen-bond donors (Lipinski definition) is 6. The number of carbonyl (C=O) groups excluding carboxylic acids is 1. The number of hydrogen-bond acceptors (Lipinski definition) is 8. The lowest BCUT2D eigenvalue weighted by Crippen LogP contribution is -2.32. The molecular weight excluding hydrogens is 468 g/mol. The van der Waals surface area contributed by atoms with E-state index in [0.29, 0.717) is 39.7 Å². The van der Waals surface area contributed by atoms with Crippen LogP contribution in [0.25, 0.3) is 11.0 Å². The van der Waals surface area contributed by atoms with Crippen molar-refractivity contribution in [1.82, 2.24) is 9.97 Å². The van der Waals surface area contributed by atoms with Gasteiger partial charge in [-0.15, -0.1) is 0 Å². The quantitative estimate of drug-likeness (QED) is 0.290. The highest BCUT2D eigenvalue weighted by molar-refractivity contribution is 6.00. The van der Waals surface area contributed by atoms with Gasteiger partial charge in [0.2, 0.25) is 0 Å². The number of rotatable bonds is 7. The molecule has 0 radical (unpaired) electrons. The number of aromatic amines is 1. The summed E-state index contributed by atoms with van der Waals surface area (Å²) in [5.41, 5.74) is 2.29. The second kappa shape index (κ2) is 10.3. The van der Waals surface area contributed by atoms with Gasteiger partial charge in [0, 0.05) is 17.4 Å². The van der Waals surface area contributed by atoms with E-state index in [2.05, 4.69) is 20.6 Å². The lowest BCUT2D eigenvalue weighted by molar-refractivity contribution is -0.0249. The van der Waals surface area contributed by atoms with E-state index in [1.165, 1.54) is 0 Å². The van der Waals surface area contributed by atoms with Gasteiger partial charge in [-0.05, 0) is 56.0 Å². The number of ether oxygens (including phenoxy) is 3. The SMILES string of the molecule is COc1ccc(NC(=O)Nc2ccc3nc([C@@H]4O[C@H](CO)[C@@H](O)[C@H]4O)[nH]c3c2)cc1OC1CCCC1. The summed E-state index contributed by atoms with van der Waals surface area (Å²) in [5.74, 6) is 1.53. The van der Waals surface area contributed by atoms with E-state index in [9.17, 15) is 20.1 Å². The van der Waals surface area contributed by atoms with Crippen LogP contribution < -0.4 is 20.1 Å². The van der Waals surface area contributed by atoms with Gasteiger partial charge in [0.05, 0.1) is 30.9 Å². The van der Waals surface area contributed by atoms with Gasteiger partial charge in [-0.2, -0.15) is 0 Å². The highest BCUT2D eigenvalue weighted by atomic mass is 16.6. The van der Waals surface area contributed by atoms with E-state index in [1.54, 1.807) is 43.5 Å². The van der Waals surface area contributed by atoms with Crippen LogP contribution in [0.5, 0.6) is 11.5 Å². The molecule has 1 aliphatic carbocycles. The number of urea groups is 1. The molecule has 11 nitrogen and oxygen atoms in total. The lowest BCUT2D eigenvalue weighted by atomic mass is 10.1. The highest BCUT2D eigenvalue weighted by Crippen LogP contribution is 2.35. The van der Waals surface area contributed by atoms with E-state index >= 15 is 0 Å². The average Bonchev–Trinajstić information content (AvgIpc) is 3.59. The number of fused-ring (bicyclic) bond motifs is 1. The molecule has 5 rings (SSSR count). The smallest absolute Gasteiger partial charge is 0.323 e. The molecule has 11 heteroatoms. The minimum Gasteiger partial charge on any atom is -0.493 e. The summed E-state index contributed by atoms with van der Waals surface area (Å²) in [6.45, 7) is -0.416. The number of nitrogens with zero attached hydrogens (tertiary/aromatic N) is 1. The van der Waals surface area contributed by atoms with Crippen molar-refractivity contribution in [3.8, 4) is 11.5 Å². The largest absolute Gasteiger partial charge is 0.493 e. The van der Waals surface area contributed by atoms with Gasteiger partial charge in [-0.1, -0.05) is 0 Å². The van der Waals surface area contributed by atoms with Gasteiger partial charge in [0.1, 0.15) is 30.2 Å². The van der Waals surface area contributed by atoms with Crippen LogP contribution in [-0.4, -0.2) is 69.5 Å². The molecule has 2 fully saturated rings. The Morgan fingerprint density at radius 1 is 1.08 bits per heavy atom. The van der Waals surface area contributed by atoms with Crippen LogP contribution in [0.3, 0.4) is 0 Å². The fourth-order valence-corrected chi connectivity index (χ4v) is 4.69. The number of anilines is 2. The lowest BCUT2D eigenvalue weighted by Gasteiger charge is -2.17. The standard InChI is InChI=1S/C25H30N4O7/c1-34-18-9-7-14(11-19(18)35-15-4-2-3-5-15)27-25(33)26-13-6-8-16-17(10-13)29-24(28-16)23-22(32)21(31)20(12-30)36-23/h6-11,15,20-23,30-32H,2-5,12H2,1H3,(H,28,29)(H2,26,27,33)/t20-,21-,22-,23-/m1/s1. The summed E-state index contributed by atoms with van der Waals surface area (Å²) in [7, 11) is 1.58. The number of aliphatic hydroxyl groups excluding tert-OH is 3. The summed E-state index contributed by atoms with van der Waals surface area (Å²) in [6, 6.07) is 9.94. The summed E-state index contributed by atoms with van der Waals surface area (Å²) < 4.78 is 17.0.